The highest BCUT2D eigenvalue weighted by molar-refractivity contribution is 6.76. The average molecular weight is 392 g/mol. The molecule has 0 saturated carbocycles. The first-order chi connectivity index (χ1) is 12.7. The largest absolute Gasteiger partial charge is 0.448 e. The van der Waals surface area contributed by atoms with Gasteiger partial charge in [-0.2, -0.15) is 5.10 Å². The van der Waals surface area contributed by atoms with Crippen LogP contribution in [0.5, 0.6) is 5.75 Å². The van der Waals surface area contributed by atoms with E-state index in [1.54, 1.807) is 0 Å². The maximum absolute atomic E-state index is 13.7. The number of hydrogen-bond donors (Lipinski definition) is 1. The van der Waals surface area contributed by atoms with Crippen molar-refractivity contribution in [3.63, 3.8) is 0 Å². The Kier molecular flexibility index (Phi) is 5.42. The third kappa shape index (κ3) is 4.80. The van der Waals surface area contributed by atoms with E-state index in [1.807, 2.05) is 0 Å². The van der Waals surface area contributed by atoms with Crippen LogP contribution in [0.25, 0.3) is 6.08 Å². The lowest BCUT2D eigenvalue weighted by Gasteiger charge is -2.16. The number of aromatic amines is 1. The predicted molar refractivity (Wildman–Crippen MR) is 98.2 cm³/mol. The van der Waals surface area contributed by atoms with Gasteiger partial charge in [0.15, 0.2) is 17.3 Å². The summed E-state index contributed by atoms with van der Waals surface area (Å²) in [4.78, 5) is 12.2. The lowest BCUT2D eigenvalue weighted by atomic mass is 10.2. The standard InChI is InChI=1S/C18H20F2N3O3Si/c1-27(2,3)7-6-25-10-14-17-13(22-23-14)9-16(18(24)21-17)26-15-5-4-11(19)8-12(15)20/h4-5,8-9H,6-7,10H2,1-3H3,(H,22,23). The fourth-order valence-corrected chi connectivity index (χ4v) is 3.12. The van der Waals surface area contributed by atoms with Crippen LogP contribution in [0, 0.1) is 11.6 Å². The molecule has 2 heterocycles. The number of amides is 1. The Morgan fingerprint density at radius 2 is 2.00 bits per heavy atom. The summed E-state index contributed by atoms with van der Waals surface area (Å²) in [5.41, 5.74) is 1.38. The molecule has 1 aromatic heterocycles. The second kappa shape index (κ2) is 7.61. The molecule has 143 valence electrons. The molecular weight excluding hydrogens is 372 g/mol. The Morgan fingerprint density at radius 3 is 2.70 bits per heavy atom. The minimum Gasteiger partial charge on any atom is -0.448 e. The van der Waals surface area contributed by atoms with Gasteiger partial charge in [0.2, 0.25) is 0 Å². The summed E-state index contributed by atoms with van der Waals surface area (Å²) in [6, 6.07) is 3.86. The van der Waals surface area contributed by atoms with E-state index in [1.165, 1.54) is 6.08 Å². The van der Waals surface area contributed by atoms with E-state index in [-0.39, 0.29) is 18.1 Å². The molecule has 0 atom stereocenters. The van der Waals surface area contributed by atoms with Gasteiger partial charge in [0.05, 0.1) is 12.3 Å². The Morgan fingerprint density at radius 1 is 1.22 bits per heavy atom. The van der Waals surface area contributed by atoms with Gasteiger partial charge < -0.3 is 9.47 Å². The fourth-order valence-electron chi connectivity index (χ4n) is 2.36. The number of rotatable bonds is 7. The summed E-state index contributed by atoms with van der Waals surface area (Å²) in [7, 11) is -1.18. The van der Waals surface area contributed by atoms with Gasteiger partial charge in [-0.3, -0.25) is 9.89 Å². The third-order valence-electron chi connectivity index (χ3n) is 3.89. The van der Waals surface area contributed by atoms with Gasteiger partial charge in [0.25, 0.3) is 0 Å². The van der Waals surface area contributed by atoms with Crippen molar-refractivity contribution in [3.05, 3.63) is 47.0 Å². The van der Waals surface area contributed by atoms with Crippen LogP contribution in [0.15, 0.2) is 24.0 Å². The molecule has 9 heteroatoms. The molecule has 1 N–H and O–H groups in total. The fraction of sp³-hybridized carbons (Fsp3) is 0.333. The number of nitrogens with zero attached hydrogens (tertiary/aromatic N) is 2. The van der Waals surface area contributed by atoms with E-state index in [4.69, 9.17) is 9.47 Å². The molecular formula is C18H20F2N3O3Si. The lowest BCUT2D eigenvalue weighted by molar-refractivity contribution is -0.118. The number of H-pyrrole nitrogens is 1. The molecule has 0 spiro atoms. The molecule has 0 unspecified atom stereocenters. The SMILES string of the molecule is C[Si](C)(C)CCOCc1n[nH]c2c1[N]C(=O)C(Oc1ccc(F)cc1F)=C2. The Hall–Kier alpha value is -2.52. The Bertz CT molecular complexity index is 890. The summed E-state index contributed by atoms with van der Waals surface area (Å²) < 4.78 is 37.6. The minimum absolute atomic E-state index is 0.178. The number of hydrogen-bond acceptors (Lipinski definition) is 4. The van der Waals surface area contributed by atoms with Gasteiger partial charge >= 0.3 is 5.91 Å². The average Bonchev–Trinajstić information content (AvgIpc) is 2.95. The first-order valence-corrected chi connectivity index (χ1v) is 12.2. The first kappa shape index (κ1) is 19.2. The van der Waals surface area contributed by atoms with Crippen LogP contribution in [0.3, 0.4) is 0 Å². The predicted octanol–water partition coefficient (Wildman–Crippen LogP) is 3.74. The smallest absolute Gasteiger partial charge is 0.313 e. The molecule has 1 aromatic carbocycles. The van der Waals surface area contributed by atoms with Crippen molar-refractivity contribution in [3.8, 4) is 5.75 Å². The summed E-state index contributed by atoms with van der Waals surface area (Å²) in [5.74, 6) is -2.75. The Balaban J connectivity index is 1.70. The van der Waals surface area contributed by atoms with Crippen molar-refractivity contribution in [1.82, 2.24) is 15.5 Å². The highest BCUT2D eigenvalue weighted by atomic mass is 28.3. The number of aromatic nitrogens is 2. The van der Waals surface area contributed by atoms with Gasteiger partial charge in [-0.15, -0.1) is 0 Å². The molecule has 1 radical (unpaired) electrons. The normalized spacial score (nSPS) is 13.8. The van der Waals surface area contributed by atoms with Crippen molar-refractivity contribution in [2.45, 2.75) is 32.3 Å². The number of ether oxygens (including phenoxy) is 2. The minimum atomic E-state index is -1.18. The van der Waals surface area contributed by atoms with E-state index in [9.17, 15) is 13.6 Å². The molecule has 0 fully saturated rings. The zero-order valence-corrected chi connectivity index (χ0v) is 16.3. The highest BCUT2D eigenvalue weighted by Crippen LogP contribution is 2.29. The summed E-state index contributed by atoms with van der Waals surface area (Å²) in [6.45, 7) is 7.65. The van der Waals surface area contributed by atoms with Crippen LogP contribution >= 0.6 is 0 Å². The number of carbonyl (C=O) groups is 1. The zero-order chi connectivity index (χ0) is 19.6. The summed E-state index contributed by atoms with van der Waals surface area (Å²) >= 11 is 0. The van der Waals surface area contributed by atoms with Gasteiger partial charge in [0.1, 0.15) is 17.2 Å². The lowest BCUT2D eigenvalue weighted by Crippen LogP contribution is -2.22. The highest BCUT2D eigenvalue weighted by Gasteiger charge is 2.27. The van der Waals surface area contributed by atoms with Crippen molar-refractivity contribution in [2.24, 2.45) is 0 Å². The van der Waals surface area contributed by atoms with Crippen LogP contribution < -0.4 is 10.1 Å². The number of fused-ring (bicyclic) bond motifs is 1. The van der Waals surface area contributed by atoms with Crippen LogP contribution in [0.4, 0.5) is 14.5 Å². The van der Waals surface area contributed by atoms with Crippen molar-refractivity contribution < 1.29 is 23.0 Å². The van der Waals surface area contributed by atoms with E-state index in [0.29, 0.717) is 29.7 Å². The van der Waals surface area contributed by atoms with Crippen LogP contribution in [0.1, 0.15) is 11.4 Å². The Labute approximate surface area is 156 Å². The molecule has 6 nitrogen and oxygen atoms in total. The monoisotopic (exact) mass is 392 g/mol. The van der Waals surface area contributed by atoms with Gasteiger partial charge in [-0.1, -0.05) is 19.6 Å². The molecule has 1 aliphatic rings. The maximum atomic E-state index is 13.7. The number of nitrogens with one attached hydrogen (secondary N) is 1. The number of halogens is 2. The van der Waals surface area contributed by atoms with Gasteiger partial charge in [0, 0.05) is 26.8 Å². The third-order valence-corrected chi connectivity index (χ3v) is 5.59. The van der Waals surface area contributed by atoms with Gasteiger partial charge in [-0.25, -0.2) is 14.1 Å². The second-order valence-electron chi connectivity index (χ2n) is 7.40. The number of carbonyl (C=O) groups excluding carboxylic acids is 1. The van der Waals surface area contributed by atoms with E-state index < -0.39 is 25.6 Å². The number of benzene rings is 1. The topological polar surface area (TPSA) is 78.3 Å². The van der Waals surface area contributed by atoms with Crippen LogP contribution in [0.2, 0.25) is 25.7 Å². The molecule has 0 aliphatic carbocycles. The molecule has 2 aromatic rings. The van der Waals surface area contributed by atoms with E-state index in [0.717, 1.165) is 18.2 Å². The van der Waals surface area contributed by atoms with E-state index in [2.05, 4.69) is 35.2 Å². The van der Waals surface area contributed by atoms with Crippen LogP contribution in [-0.2, 0) is 16.1 Å². The van der Waals surface area contributed by atoms with Crippen LogP contribution in [-0.4, -0.2) is 30.8 Å². The molecule has 0 bridgehead atoms. The van der Waals surface area contributed by atoms with E-state index >= 15 is 0 Å². The first-order valence-electron chi connectivity index (χ1n) is 8.48. The molecule has 1 amide bonds. The summed E-state index contributed by atoms with van der Waals surface area (Å²) in [6.07, 6.45) is 1.39. The second-order valence-corrected chi connectivity index (χ2v) is 13.0. The van der Waals surface area contributed by atoms with Gasteiger partial charge in [-0.05, 0) is 18.2 Å². The van der Waals surface area contributed by atoms with Crippen molar-refractivity contribution in [2.75, 3.05) is 6.61 Å². The van der Waals surface area contributed by atoms with Crippen molar-refractivity contribution >= 4 is 25.7 Å². The molecule has 0 saturated heterocycles. The molecule has 1 aliphatic heterocycles. The molecule has 3 rings (SSSR count). The maximum Gasteiger partial charge on any atom is 0.313 e. The van der Waals surface area contributed by atoms with Crippen molar-refractivity contribution in [1.29, 1.82) is 0 Å². The molecule has 27 heavy (non-hydrogen) atoms. The quantitative estimate of drug-likeness (QED) is 0.575. The summed E-state index contributed by atoms with van der Waals surface area (Å²) in [5, 5.41) is 10.9. The zero-order valence-electron chi connectivity index (χ0n) is 15.3.